The van der Waals surface area contributed by atoms with E-state index in [0.29, 0.717) is 0 Å². The van der Waals surface area contributed by atoms with Gasteiger partial charge < -0.3 is 9.80 Å². The Kier molecular flexibility index (Phi) is 2.98. The highest BCUT2D eigenvalue weighted by Gasteiger charge is 2.35. The Hall–Kier alpha value is -1.32. The second-order valence-electron chi connectivity index (χ2n) is 5.08. The van der Waals surface area contributed by atoms with Gasteiger partial charge in [-0.15, -0.1) is 0 Å². The van der Waals surface area contributed by atoms with Gasteiger partial charge in [0.05, 0.1) is 12.1 Å². The SMILES string of the molecule is CC(=O)N(C)[C@H]1CC2=C(C)[C@H](C)N=C(C)N2C1. The molecular formula is C13H21N3O. The third-order valence-electron chi connectivity index (χ3n) is 4.05. The number of fused-ring (bicyclic) bond motifs is 1. The molecule has 2 atom stereocenters. The third-order valence-corrected chi connectivity index (χ3v) is 4.05. The fourth-order valence-electron chi connectivity index (χ4n) is 2.62. The molecule has 0 saturated carbocycles. The summed E-state index contributed by atoms with van der Waals surface area (Å²) in [5, 5.41) is 0. The molecule has 0 spiro atoms. The minimum Gasteiger partial charge on any atom is -0.341 e. The molecule has 17 heavy (non-hydrogen) atoms. The van der Waals surface area contributed by atoms with Crippen LogP contribution in [0.2, 0.25) is 0 Å². The lowest BCUT2D eigenvalue weighted by Crippen LogP contribution is -2.39. The van der Waals surface area contributed by atoms with Crippen molar-refractivity contribution in [2.75, 3.05) is 13.6 Å². The number of hydrogen-bond donors (Lipinski definition) is 0. The standard InChI is InChI=1S/C13H21N3O/c1-8-9(2)14-10(3)16-7-12(6-13(8)16)15(5)11(4)17/h9,12H,6-7H2,1-5H3/t9-,12-/m0/s1. The first-order chi connectivity index (χ1) is 7.91. The first-order valence-electron chi connectivity index (χ1n) is 6.16. The van der Waals surface area contributed by atoms with Crippen LogP contribution in [-0.4, -0.2) is 47.2 Å². The Balaban J connectivity index is 2.25. The molecule has 2 aliphatic heterocycles. The Morgan fingerprint density at radius 3 is 2.71 bits per heavy atom. The second kappa shape index (κ2) is 4.17. The van der Waals surface area contributed by atoms with E-state index in [2.05, 4.69) is 30.7 Å². The molecule has 0 unspecified atom stereocenters. The van der Waals surface area contributed by atoms with Crippen LogP contribution in [0, 0.1) is 0 Å². The van der Waals surface area contributed by atoms with Crippen molar-refractivity contribution in [2.24, 2.45) is 4.99 Å². The van der Waals surface area contributed by atoms with Crippen LogP contribution in [0.4, 0.5) is 0 Å². The molecule has 94 valence electrons. The molecule has 2 rings (SSSR count). The number of nitrogens with zero attached hydrogens (tertiary/aromatic N) is 3. The van der Waals surface area contributed by atoms with Crippen molar-refractivity contribution in [3.63, 3.8) is 0 Å². The normalized spacial score (nSPS) is 28.1. The highest BCUT2D eigenvalue weighted by Crippen LogP contribution is 2.32. The van der Waals surface area contributed by atoms with E-state index in [4.69, 9.17) is 0 Å². The topological polar surface area (TPSA) is 35.9 Å². The number of likely N-dealkylation sites (N-methyl/N-ethyl adjacent to an activating group) is 1. The number of carbonyl (C=O) groups excluding carboxylic acids is 1. The van der Waals surface area contributed by atoms with Gasteiger partial charge in [-0.05, 0) is 26.3 Å². The van der Waals surface area contributed by atoms with Crippen molar-refractivity contribution < 1.29 is 4.79 Å². The number of hydrogen-bond acceptors (Lipinski definition) is 3. The molecule has 1 saturated heterocycles. The van der Waals surface area contributed by atoms with Gasteiger partial charge in [-0.1, -0.05) is 0 Å². The summed E-state index contributed by atoms with van der Waals surface area (Å²) in [5.74, 6) is 1.22. The average Bonchev–Trinajstić information content (AvgIpc) is 2.70. The van der Waals surface area contributed by atoms with E-state index in [1.54, 1.807) is 6.92 Å². The van der Waals surface area contributed by atoms with Crippen LogP contribution in [0.5, 0.6) is 0 Å². The zero-order valence-corrected chi connectivity index (χ0v) is 11.3. The minimum atomic E-state index is 0.135. The molecule has 0 radical (unpaired) electrons. The predicted molar refractivity (Wildman–Crippen MR) is 68.8 cm³/mol. The van der Waals surface area contributed by atoms with Crippen molar-refractivity contribution in [1.82, 2.24) is 9.80 Å². The summed E-state index contributed by atoms with van der Waals surface area (Å²) in [6.07, 6.45) is 0.957. The molecule has 4 nitrogen and oxygen atoms in total. The molecule has 4 heteroatoms. The molecule has 0 N–H and O–H groups in total. The third kappa shape index (κ3) is 1.96. The summed E-state index contributed by atoms with van der Waals surface area (Å²) in [4.78, 5) is 20.2. The van der Waals surface area contributed by atoms with Crippen LogP contribution in [0.15, 0.2) is 16.3 Å². The number of rotatable bonds is 1. The summed E-state index contributed by atoms with van der Waals surface area (Å²) in [7, 11) is 1.89. The van der Waals surface area contributed by atoms with Crippen LogP contribution >= 0.6 is 0 Å². The zero-order valence-electron chi connectivity index (χ0n) is 11.3. The molecule has 1 fully saturated rings. The van der Waals surface area contributed by atoms with Crippen LogP contribution in [0.25, 0.3) is 0 Å². The highest BCUT2D eigenvalue weighted by molar-refractivity contribution is 5.84. The Bertz CT molecular complexity index is 411. The van der Waals surface area contributed by atoms with Crippen LogP contribution in [0.3, 0.4) is 0 Å². The Morgan fingerprint density at radius 2 is 2.12 bits per heavy atom. The summed E-state index contributed by atoms with van der Waals surface area (Å²) >= 11 is 0. The number of aliphatic imine (C=N–C) groups is 1. The molecule has 2 aliphatic rings. The maximum absolute atomic E-state index is 11.4. The molecule has 0 aromatic carbocycles. The van der Waals surface area contributed by atoms with Crippen molar-refractivity contribution in [3.05, 3.63) is 11.3 Å². The molecular weight excluding hydrogens is 214 g/mol. The van der Waals surface area contributed by atoms with E-state index in [1.807, 2.05) is 11.9 Å². The Morgan fingerprint density at radius 1 is 1.47 bits per heavy atom. The van der Waals surface area contributed by atoms with Crippen molar-refractivity contribution >= 4 is 11.7 Å². The van der Waals surface area contributed by atoms with Gasteiger partial charge >= 0.3 is 0 Å². The van der Waals surface area contributed by atoms with Crippen LogP contribution < -0.4 is 0 Å². The first-order valence-corrected chi connectivity index (χ1v) is 6.16. The van der Waals surface area contributed by atoms with Gasteiger partial charge in [-0.25, -0.2) is 0 Å². The van der Waals surface area contributed by atoms with E-state index in [0.717, 1.165) is 18.8 Å². The summed E-state index contributed by atoms with van der Waals surface area (Å²) in [5.41, 5.74) is 2.71. The van der Waals surface area contributed by atoms with Crippen molar-refractivity contribution in [1.29, 1.82) is 0 Å². The van der Waals surface area contributed by atoms with E-state index >= 15 is 0 Å². The van der Waals surface area contributed by atoms with Gasteiger partial charge in [0.25, 0.3) is 0 Å². The first kappa shape index (κ1) is 12.1. The van der Waals surface area contributed by atoms with E-state index in [1.165, 1.54) is 11.3 Å². The van der Waals surface area contributed by atoms with E-state index in [-0.39, 0.29) is 18.0 Å². The van der Waals surface area contributed by atoms with Gasteiger partial charge in [0.2, 0.25) is 5.91 Å². The smallest absolute Gasteiger partial charge is 0.219 e. The molecule has 1 amide bonds. The number of amidine groups is 1. The van der Waals surface area contributed by atoms with Crippen LogP contribution in [0.1, 0.15) is 34.1 Å². The molecule has 0 bridgehead atoms. The fraction of sp³-hybridized carbons (Fsp3) is 0.692. The maximum Gasteiger partial charge on any atom is 0.219 e. The quantitative estimate of drug-likeness (QED) is 0.692. The molecule has 2 heterocycles. The van der Waals surface area contributed by atoms with Gasteiger partial charge in [0.1, 0.15) is 5.84 Å². The monoisotopic (exact) mass is 235 g/mol. The molecule has 0 aliphatic carbocycles. The van der Waals surface area contributed by atoms with Crippen molar-refractivity contribution in [2.45, 2.75) is 46.2 Å². The predicted octanol–water partition coefficient (Wildman–Crippen LogP) is 1.63. The summed E-state index contributed by atoms with van der Waals surface area (Å²) in [6, 6.07) is 0.565. The van der Waals surface area contributed by atoms with Crippen LogP contribution in [-0.2, 0) is 4.79 Å². The second-order valence-corrected chi connectivity index (χ2v) is 5.08. The zero-order chi connectivity index (χ0) is 12.7. The minimum absolute atomic E-state index is 0.135. The summed E-state index contributed by atoms with van der Waals surface area (Å²) < 4.78 is 0. The van der Waals surface area contributed by atoms with Gasteiger partial charge in [0, 0.05) is 32.6 Å². The lowest BCUT2D eigenvalue weighted by Gasteiger charge is -2.29. The number of amides is 1. The average molecular weight is 235 g/mol. The molecule has 0 aromatic heterocycles. The van der Waals surface area contributed by atoms with E-state index in [9.17, 15) is 4.79 Å². The molecule has 0 aromatic rings. The fourth-order valence-corrected chi connectivity index (χ4v) is 2.62. The highest BCUT2D eigenvalue weighted by atomic mass is 16.2. The maximum atomic E-state index is 11.4. The van der Waals surface area contributed by atoms with E-state index < -0.39 is 0 Å². The van der Waals surface area contributed by atoms with Gasteiger partial charge in [0.15, 0.2) is 0 Å². The summed E-state index contributed by atoms with van der Waals surface area (Å²) in [6.45, 7) is 8.84. The lowest BCUT2D eigenvalue weighted by molar-refractivity contribution is -0.129. The van der Waals surface area contributed by atoms with Crippen molar-refractivity contribution in [3.8, 4) is 0 Å². The van der Waals surface area contributed by atoms with Gasteiger partial charge in [-0.3, -0.25) is 9.79 Å². The Labute approximate surface area is 103 Å². The lowest BCUT2D eigenvalue weighted by atomic mass is 10.0. The van der Waals surface area contributed by atoms with Gasteiger partial charge in [-0.2, -0.15) is 0 Å². The number of carbonyl (C=O) groups is 1. The largest absolute Gasteiger partial charge is 0.341 e.